The number of carbonyl (C=O) groups is 1. The predicted molar refractivity (Wildman–Crippen MR) is 112 cm³/mol. The highest BCUT2D eigenvalue weighted by Crippen LogP contribution is 2.40. The molecule has 1 amide bonds. The number of nitrogens with one attached hydrogen (secondary N) is 2. The Morgan fingerprint density at radius 1 is 1.12 bits per heavy atom. The number of carbonyl (C=O) groups excluding carboxylic acids is 1. The molecule has 0 saturated heterocycles. The number of amides is 1. The number of hydrazine groups is 1. The topological polar surface area (TPSA) is 210 Å². The molecular formula is C20H30N4O8. The van der Waals surface area contributed by atoms with Gasteiger partial charge in [0.05, 0.1) is 12.6 Å². The Morgan fingerprint density at radius 3 is 2.47 bits per heavy atom. The maximum atomic E-state index is 11.6. The van der Waals surface area contributed by atoms with Gasteiger partial charge in [-0.3, -0.25) is 9.79 Å². The van der Waals surface area contributed by atoms with E-state index in [1.165, 1.54) is 18.2 Å². The molecule has 10 N–H and O–H groups in total. The van der Waals surface area contributed by atoms with E-state index in [0.29, 0.717) is 37.9 Å². The molecular weight excluding hydrogens is 424 g/mol. The number of fused-ring (bicyclic) bond motifs is 1. The van der Waals surface area contributed by atoms with E-state index >= 15 is 0 Å². The first kappa shape index (κ1) is 24.3. The number of nitrogens with zero attached hydrogens (tertiary/aromatic N) is 1. The number of nitrogens with two attached hydrogens (primary N) is 1. The molecule has 1 aromatic rings. The second-order valence-corrected chi connectivity index (χ2v) is 8.25. The quantitative estimate of drug-likeness (QED) is 0.0580. The fourth-order valence-electron chi connectivity index (χ4n) is 3.74. The molecule has 2 aliphatic rings. The van der Waals surface area contributed by atoms with Crippen LogP contribution >= 0.6 is 0 Å². The summed E-state index contributed by atoms with van der Waals surface area (Å²) in [4.78, 5) is 16.2. The van der Waals surface area contributed by atoms with Crippen molar-refractivity contribution in [3.05, 3.63) is 23.8 Å². The lowest BCUT2D eigenvalue weighted by atomic mass is 9.90. The average Bonchev–Trinajstić information content (AvgIpc) is 2.73. The Morgan fingerprint density at radius 2 is 1.81 bits per heavy atom. The maximum Gasteiger partial charge on any atom is 0.305 e. The van der Waals surface area contributed by atoms with Crippen molar-refractivity contribution in [1.82, 2.24) is 5.43 Å². The van der Waals surface area contributed by atoms with Crippen LogP contribution in [0.15, 0.2) is 23.2 Å². The van der Waals surface area contributed by atoms with Crippen LogP contribution in [-0.4, -0.2) is 66.6 Å². The third kappa shape index (κ3) is 5.18. The smallest absolute Gasteiger partial charge is 0.305 e. The molecule has 3 rings (SSSR count). The highest BCUT2D eigenvalue weighted by Gasteiger charge is 2.59. The Kier molecular flexibility index (Phi) is 7.05. The fraction of sp³-hybridized carbons (Fsp3) is 0.600. The standard InChI is InChI=1S/C20H30N4O8/c21-24-16(22-12-6-8-18(26,27)9-7-12)3-1-2-10-32-13-4-5-15-14(11-13)19(28,29)20(30,31)17(25)23-15/h4-5,11-12,26-31H,1-3,6-10,21H2,(H,22,24)(H,23,25). The number of ether oxygens (including phenoxy) is 1. The van der Waals surface area contributed by atoms with Crippen molar-refractivity contribution in [1.29, 1.82) is 0 Å². The number of aliphatic hydroxyl groups is 6. The molecule has 12 nitrogen and oxygen atoms in total. The summed E-state index contributed by atoms with van der Waals surface area (Å²) in [5.41, 5.74) is 2.31. The zero-order chi connectivity index (χ0) is 23.6. The van der Waals surface area contributed by atoms with Crippen LogP contribution in [0, 0.1) is 0 Å². The maximum absolute atomic E-state index is 11.6. The number of hydrogen-bond donors (Lipinski definition) is 9. The molecule has 1 aromatic carbocycles. The lowest BCUT2D eigenvalue weighted by Gasteiger charge is -2.38. The summed E-state index contributed by atoms with van der Waals surface area (Å²) in [6.45, 7) is 0.289. The number of aliphatic imine (C=N–C) groups is 1. The summed E-state index contributed by atoms with van der Waals surface area (Å²) in [5, 5.41) is 61.0. The van der Waals surface area contributed by atoms with Crippen molar-refractivity contribution in [2.75, 3.05) is 11.9 Å². The summed E-state index contributed by atoms with van der Waals surface area (Å²) in [5.74, 6) is -3.15. The first-order valence-electron chi connectivity index (χ1n) is 10.4. The molecule has 0 aromatic heterocycles. The number of anilines is 1. The predicted octanol–water partition coefficient (Wildman–Crippen LogP) is -1.51. The van der Waals surface area contributed by atoms with Crippen molar-refractivity contribution in [2.24, 2.45) is 10.8 Å². The second kappa shape index (κ2) is 9.27. The molecule has 32 heavy (non-hydrogen) atoms. The van der Waals surface area contributed by atoms with Gasteiger partial charge in [-0.15, -0.1) is 0 Å². The number of hydrogen-bond acceptors (Lipinski definition) is 10. The first-order chi connectivity index (χ1) is 15.0. The second-order valence-electron chi connectivity index (χ2n) is 8.25. The van der Waals surface area contributed by atoms with Gasteiger partial charge in [-0.05, 0) is 43.9 Å². The Balaban J connectivity index is 1.49. The van der Waals surface area contributed by atoms with Crippen molar-refractivity contribution >= 4 is 17.4 Å². The van der Waals surface area contributed by atoms with E-state index < -0.39 is 23.3 Å². The summed E-state index contributed by atoms with van der Waals surface area (Å²) in [6, 6.07) is 4.09. The summed E-state index contributed by atoms with van der Waals surface area (Å²) in [7, 11) is 0. The van der Waals surface area contributed by atoms with E-state index in [2.05, 4.69) is 15.7 Å². The van der Waals surface area contributed by atoms with Gasteiger partial charge in [0, 0.05) is 30.5 Å². The average molecular weight is 454 g/mol. The van der Waals surface area contributed by atoms with E-state index in [1.54, 1.807) is 0 Å². The van der Waals surface area contributed by atoms with E-state index in [-0.39, 0.29) is 42.5 Å². The van der Waals surface area contributed by atoms with Crippen LogP contribution in [0.4, 0.5) is 5.69 Å². The van der Waals surface area contributed by atoms with Gasteiger partial charge >= 0.3 is 5.79 Å². The normalized spacial score (nSPS) is 22.1. The van der Waals surface area contributed by atoms with Crippen LogP contribution < -0.4 is 21.3 Å². The Bertz CT molecular complexity index is 861. The zero-order valence-electron chi connectivity index (χ0n) is 17.5. The molecule has 1 fully saturated rings. The fourth-order valence-corrected chi connectivity index (χ4v) is 3.74. The van der Waals surface area contributed by atoms with Gasteiger partial charge in [0.1, 0.15) is 11.6 Å². The minimum absolute atomic E-state index is 0.0110. The third-order valence-corrected chi connectivity index (χ3v) is 5.76. The highest BCUT2D eigenvalue weighted by molar-refractivity contribution is 6.00. The lowest BCUT2D eigenvalue weighted by molar-refractivity contribution is -0.345. The molecule has 0 atom stereocenters. The minimum Gasteiger partial charge on any atom is -0.494 e. The van der Waals surface area contributed by atoms with Crippen molar-refractivity contribution < 1.29 is 40.2 Å². The molecule has 0 spiro atoms. The van der Waals surface area contributed by atoms with Gasteiger partial charge < -0.3 is 46.1 Å². The van der Waals surface area contributed by atoms with Crippen LogP contribution in [0.2, 0.25) is 0 Å². The minimum atomic E-state index is -3.40. The number of rotatable bonds is 7. The molecule has 178 valence electrons. The van der Waals surface area contributed by atoms with Crippen LogP contribution in [0.25, 0.3) is 0 Å². The molecule has 0 radical (unpaired) electrons. The van der Waals surface area contributed by atoms with Crippen molar-refractivity contribution in [3.8, 4) is 5.75 Å². The molecule has 1 aliphatic heterocycles. The van der Waals surface area contributed by atoms with E-state index in [4.69, 9.17) is 10.6 Å². The summed E-state index contributed by atoms with van der Waals surface area (Å²) < 4.78 is 5.60. The Hall–Kier alpha value is -2.32. The van der Waals surface area contributed by atoms with Crippen molar-refractivity contribution in [3.63, 3.8) is 0 Å². The van der Waals surface area contributed by atoms with Gasteiger partial charge in [0.15, 0.2) is 5.79 Å². The van der Waals surface area contributed by atoms with E-state index in [1.807, 2.05) is 0 Å². The van der Waals surface area contributed by atoms with Crippen LogP contribution in [-0.2, 0) is 10.6 Å². The largest absolute Gasteiger partial charge is 0.494 e. The van der Waals surface area contributed by atoms with E-state index in [9.17, 15) is 35.4 Å². The van der Waals surface area contributed by atoms with Gasteiger partial charge in [-0.1, -0.05) is 0 Å². The lowest BCUT2D eigenvalue weighted by Crippen LogP contribution is -2.62. The molecule has 12 heteroatoms. The Labute approximate surface area is 184 Å². The summed E-state index contributed by atoms with van der Waals surface area (Å²) >= 11 is 0. The van der Waals surface area contributed by atoms with E-state index in [0.717, 1.165) is 0 Å². The van der Waals surface area contributed by atoms with Gasteiger partial charge in [-0.2, -0.15) is 0 Å². The number of benzene rings is 1. The first-order valence-corrected chi connectivity index (χ1v) is 10.4. The van der Waals surface area contributed by atoms with Gasteiger partial charge in [-0.25, -0.2) is 5.84 Å². The molecule has 1 heterocycles. The molecule has 1 aliphatic carbocycles. The van der Waals surface area contributed by atoms with Gasteiger partial charge in [0.25, 0.3) is 11.7 Å². The molecule has 0 unspecified atom stereocenters. The monoisotopic (exact) mass is 454 g/mol. The zero-order valence-corrected chi connectivity index (χ0v) is 17.5. The van der Waals surface area contributed by atoms with Crippen molar-refractivity contribution in [2.45, 2.75) is 68.3 Å². The third-order valence-electron chi connectivity index (χ3n) is 5.76. The summed E-state index contributed by atoms with van der Waals surface area (Å²) in [6.07, 6.45) is 3.58. The molecule has 1 saturated carbocycles. The van der Waals surface area contributed by atoms with Gasteiger partial charge in [0.2, 0.25) is 0 Å². The highest BCUT2D eigenvalue weighted by atomic mass is 16.6. The molecule has 0 bridgehead atoms. The number of unbranched alkanes of at least 4 members (excludes halogenated alkanes) is 1. The van der Waals surface area contributed by atoms with Crippen LogP contribution in [0.1, 0.15) is 50.5 Å². The SMILES string of the molecule is NNC(CCCCOc1ccc2c(c1)C(O)(O)C(O)(O)C(=O)N2)=NC1CCC(O)(O)CC1. The number of amidine groups is 1. The van der Waals surface area contributed by atoms with Crippen LogP contribution in [0.3, 0.4) is 0 Å². The van der Waals surface area contributed by atoms with Crippen LogP contribution in [0.5, 0.6) is 5.75 Å².